The van der Waals surface area contributed by atoms with Crippen LogP contribution in [0.2, 0.25) is 0 Å². The van der Waals surface area contributed by atoms with E-state index in [-0.39, 0.29) is 32.9 Å². The Bertz CT molecular complexity index is 1880. The second-order valence-electron chi connectivity index (χ2n) is 11.1. The molecule has 2 amide bonds. The number of aliphatic imine (C=N–C) groups is 1. The first kappa shape index (κ1) is 43.9. The molecule has 6 rings (SSSR count). The van der Waals surface area contributed by atoms with Crippen molar-refractivity contribution in [3.63, 3.8) is 0 Å². The predicted octanol–water partition coefficient (Wildman–Crippen LogP) is 2.45. The average Bonchev–Trinajstić information content (AvgIpc) is 4.06. The zero-order chi connectivity index (χ0) is 41.1. The number of aliphatic carboxylic acids is 2. The Morgan fingerprint density at radius 3 is 1.88 bits per heavy atom. The number of esters is 1. The first-order valence-electron chi connectivity index (χ1n) is 16.8. The molecule has 57 heavy (non-hydrogen) atoms. The smallest absolute Gasteiger partial charge is 0.408 e. The minimum Gasteiger partial charge on any atom is -0.480 e. The number of carbonyl (C=O) groups excluding carboxylic acids is 3. The van der Waals surface area contributed by atoms with Crippen LogP contribution in [-0.2, 0) is 64.7 Å². The molecule has 21 nitrogen and oxygen atoms in total. The summed E-state index contributed by atoms with van der Waals surface area (Å²) in [5.41, 5.74) is 1.72. The van der Waals surface area contributed by atoms with Gasteiger partial charge in [0.05, 0.1) is 20.2 Å². The summed E-state index contributed by atoms with van der Waals surface area (Å²) in [6, 6.07) is 21.1. The van der Waals surface area contributed by atoms with Gasteiger partial charge in [-0.1, -0.05) is 60.7 Å². The van der Waals surface area contributed by atoms with E-state index in [1.165, 1.54) is 22.7 Å². The monoisotopic (exact) mass is 791 g/mol. The summed E-state index contributed by atoms with van der Waals surface area (Å²) in [7, 11) is 1.30. The molecule has 5 aromatic rings. The molecular weight excluding hydrogens is 750 g/mol. The summed E-state index contributed by atoms with van der Waals surface area (Å²) in [4.78, 5) is 67.7. The van der Waals surface area contributed by atoms with Crippen LogP contribution in [-0.4, -0.2) is 108 Å². The van der Waals surface area contributed by atoms with Gasteiger partial charge in [0, 0.05) is 37.2 Å². The lowest BCUT2D eigenvalue weighted by Gasteiger charge is -2.24. The lowest BCUT2D eigenvalue weighted by atomic mass is 10.2. The SMILES string of the molecule is COOC=N[C@@H](Cn1cccn1)C(=O)O.O=C(N[C@@H](Cn1cccn1)C(=O)O)OCc1ccccc1.O=C(N[C@H]1COC1=O)OCc1ccccc1.c1cn[nH]c1. The number of cyclic esters (lactones) is 1. The normalized spacial score (nSPS) is 13.5. The Morgan fingerprint density at radius 1 is 0.860 bits per heavy atom. The van der Waals surface area contributed by atoms with Crippen molar-refractivity contribution in [3.05, 3.63) is 127 Å². The van der Waals surface area contributed by atoms with Crippen molar-refractivity contribution in [2.75, 3.05) is 13.7 Å². The van der Waals surface area contributed by atoms with Crippen molar-refractivity contribution in [3.8, 4) is 0 Å². The van der Waals surface area contributed by atoms with Gasteiger partial charge in [-0.25, -0.2) is 29.0 Å². The maximum atomic E-state index is 11.6. The third-order valence-electron chi connectivity index (χ3n) is 6.90. The van der Waals surface area contributed by atoms with Gasteiger partial charge in [-0.3, -0.25) is 14.5 Å². The van der Waals surface area contributed by atoms with Gasteiger partial charge in [0.25, 0.3) is 0 Å². The zero-order valence-corrected chi connectivity index (χ0v) is 30.5. The Labute approximate surface area is 325 Å². The fraction of sp³-hybridized carbons (Fsp3) is 0.250. The van der Waals surface area contributed by atoms with Crippen LogP contribution in [0.3, 0.4) is 0 Å². The summed E-state index contributed by atoms with van der Waals surface area (Å²) in [5.74, 6) is -2.62. The second kappa shape index (κ2) is 25.5. The third-order valence-corrected chi connectivity index (χ3v) is 6.90. The number of ether oxygens (including phenoxy) is 3. The number of H-pyrrole nitrogens is 1. The number of benzene rings is 2. The second-order valence-corrected chi connectivity index (χ2v) is 11.1. The number of amides is 2. The number of carboxylic acid groups (broad SMARTS) is 2. The number of hydrogen-bond acceptors (Lipinski definition) is 14. The molecule has 0 radical (unpaired) electrons. The molecule has 1 saturated heterocycles. The fourth-order valence-corrected chi connectivity index (χ4v) is 4.06. The van der Waals surface area contributed by atoms with Gasteiger partial charge in [0.2, 0.25) is 6.40 Å². The Balaban J connectivity index is 0.000000218. The average molecular weight is 792 g/mol. The molecule has 0 saturated carbocycles. The number of carboxylic acids is 2. The zero-order valence-electron chi connectivity index (χ0n) is 30.5. The summed E-state index contributed by atoms with van der Waals surface area (Å²) < 4.78 is 17.3. The maximum absolute atomic E-state index is 11.6. The topological polar surface area (TPSA) is 273 Å². The Hall–Kier alpha value is -7.55. The number of aromatic amines is 1. The van der Waals surface area contributed by atoms with E-state index >= 15 is 0 Å². The van der Waals surface area contributed by atoms with Crippen LogP contribution in [0.1, 0.15) is 11.1 Å². The Kier molecular flexibility index (Phi) is 19.6. The van der Waals surface area contributed by atoms with Crippen molar-refractivity contribution in [2.45, 2.75) is 44.4 Å². The predicted molar refractivity (Wildman–Crippen MR) is 197 cm³/mol. The first-order chi connectivity index (χ1) is 27.6. The largest absolute Gasteiger partial charge is 0.480 e. The van der Waals surface area contributed by atoms with Crippen LogP contribution >= 0.6 is 0 Å². The number of rotatable bonds is 15. The minimum atomic E-state index is -1.15. The van der Waals surface area contributed by atoms with E-state index in [4.69, 9.17) is 19.7 Å². The van der Waals surface area contributed by atoms with Gasteiger partial charge in [-0.2, -0.15) is 20.2 Å². The van der Waals surface area contributed by atoms with E-state index in [0.717, 1.165) is 17.5 Å². The molecule has 5 N–H and O–H groups in total. The lowest BCUT2D eigenvalue weighted by Crippen LogP contribution is -2.52. The van der Waals surface area contributed by atoms with Gasteiger partial charge >= 0.3 is 30.1 Å². The van der Waals surface area contributed by atoms with Gasteiger partial charge in [0.1, 0.15) is 25.9 Å². The van der Waals surface area contributed by atoms with Crippen LogP contribution in [0.15, 0.2) is 121 Å². The van der Waals surface area contributed by atoms with E-state index in [0.29, 0.717) is 0 Å². The van der Waals surface area contributed by atoms with Crippen molar-refractivity contribution < 1.29 is 58.2 Å². The van der Waals surface area contributed by atoms with Crippen LogP contribution in [0.25, 0.3) is 0 Å². The molecule has 1 aliphatic rings. The number of hydrogen-bond donors (Lipinski definition) is 5. The number of carbonyl (C=O) groups is 5. The summed E-state index contributed by atoms with van der Waals surface area (Å²) in [6.07, 6.45) is 9.39. The van der Waals surface area contributed by atoms with Gasteiger partial charge in [-0.15, -0.1) is 0 Å². The molecule has 21 heteroatoms. The first-order valence-corrected chi connectivity index (χ1v) is 16.8. The molecule has 3 aromatic heterocycles. The van der Waals surface area contributed by atoms with E-state index < -0.39 is 48.2 Å². The van der Waals surface area contributed by atoms with Gasteiger partial charge < -0.3 is 39.9 Å². The van der Waals surface area contributed by atoms with E-state index in [1.54, 1.807) is 43.1 Å². The van der Waals surface area contributed by atoms with E-state index in [1.807, 2.05) is 66.7 Å². The molecule has 1 fully saturated rings. The molecule has 0 spiro atoms. The van der Waals surface area contributed by atoms with E-state index in [2.05, 4.69) is 50.5 Å². The van der Waals surface area contributed by atoms with Gasteiger partial charge in [0.15, 0.2) is 12.1 Å². The quantitative estimate of drug-likeness (QED) is 0.0254. The fourth-order valence-electron chi connectivity index (χ4n) is 4.06. The Morgan fingerprint density at radius 2 is 1.46 bits per heavy atom. The van der Waals surface area contributed by atoms with Crippen LogP contribution in [0.5, 0.6) is 0 Å². The highest BCUT2D eigenvalue weighted by molar-refractivity contribution is 5.85. The molecule has 4 heterocycles. The molecule has 0 aliphatic carbocycles. The van der Waals surface area contributed by atoms with Crippen LogP contribution in [0.4, 0.5) is 9.59 Å². The number of nitrogens with one attached hydrogen (secondary N) is 3. The minimum absolute atomic E-state index is 0.0305. The summed E-state index contributed by atoms with van der Waals surface area (Å²) in [5, 5.41) is 36.6. The van der Waals surface area contributed by atoms with Gasteiger partial charge in [-0.05, 0) is 29.3 Å². The highest BCUT2D eigenvalue weighted by Crippen LogP contribution is 2.05. The lowest BCUT2D eigenvalue weighted by molar-refractivity contribution is -0.188. The molecule has 2 aromatic carbocycles. The van der Waals surface area contributed by atoms with Crippen molar-refractivity contribution in [1.29, 1.82) is 0 Å². The maximum Gasteiger partial charge on any atom is 0.408 e. The molecule has 302 valence electrons. The molecular formula is C36H41N9O12. The van der Waals surface area contributed by atoms with Crippen molar-refractivity contribution in [2.24, 2.45) is 4.99 Å². The standard InChI is InChI=1S/C14H15N3O4.C11H11NO4.C8H11N3O4.C3H4N2/c18-13(19)12(9-17-8-4-7-15-17)16-14(20)21-10-11-5-2-1-3-6-11;13-10-9(7-15-10)12-11(14)16-6-8-4-2-1-3-5-8;1-14-15-6-9-7(8(12)13)5-11-4-2-3-10-11;1-2-4-5-3-1/h1-8,12H,9-10H2,(H,16,20)(H,18,19);1-5,9H,6-7H2,(H,12,14);2-4,6-7H,5H2,1H3,(H,12,13);1-3H,(H,4,5)/t12-;9-;7-;/m000./s1. The van der Waals surface area contributed by atoms with Crippen LogP contribution < -0.4 is 10.6 Å². The molecule has 3 atom stereocenters. The molecule has 0 unspecified atom stereocenters. The van der Waals surface area contributed by atoms with E-state index in [9.17, 15) is 24.0 Å². The third kappa shape index (κ3) is 18.4. The van der Waals surface area contributed by atoms with Crippen LogP contribution in [0, 0.1) is 0 Å². The highest BCUT2D eigenvalue weighted by Gasteiger charge is 2.32. The summed E-state index contributed by atoms with van der Waals surface area (Å²) in [6.45, 7) is 0.670. The molecule has 0 bridgehead atoms. The number of nitrogens with zero attached hydrogens (tertiary/aromatic N) is 6. The van der Waals surface area contributed by atoms with Crippen molar-refractivity contribution >= 4 is 36.5 Å². The summed E-state index contributed by atoms with van der Waals surface area (Å²) >= 11 is 0. The highest BCUT2D eigenvalue weighted by atomic mass is 17.2. The van der Waals surface area contributed by atoms with Crippen molar-refractivity contribution in [1.82, 2.24) is 40.4 Å². The molecule has 1 aliphatic heterocycles. The number of alkyl carbamates (subject to hydrolysis) is 2. The number of aromatic nitrogens is 6.